The summed E-state index contributed by atoms with van der Waals surface area (Å²) in [5.74, 6) is 0.704. The molecule has 0 amide bonds. The van der Waals surface area contributed by atoms with Crippen LogP contribution < -0.4 is 10.7 Å². The van der Waals surface area contributed by atoms with Gasteiger partial charge in [0.15, 0.2) is 11.5 Å². The fourth-order valence-corrected chi connectivity index (χ4v) is 3.63. The minimum Gasteiger partial charge on any atom is -0.396 e. The lowest BCUT2D eigenvalue weighted by Gasteiger charge is -2.10. The molecule has 8 nitrogen and oxygen atoms in total. The van der Waals surface area contributed by atoms with E-state index < -0.39 is 0 Å². The van der Waals surface area contributed by atoms with Crippen LogP contribution in [0.1, 0.15) is 23.5 Å². The van der Waals surface area contributed by atoms with E-state index in [1.165, 1.54) is 17.1 Å². The highest BCUT2D eigenvalue weighted by atomic mass is 32.1. The molecular weight excluding hydrogens is 350 g/mol. The lowest BCUT2D eigenvalue weighted by molar-refractivity contribution is 0.288. The van der Waals surface area contributed by atoms with Crippen molar-refractivity contribution in [1.29, 1.82) is 0 Å². The lowest BCUT2D eigenvalue weighted by Crippen LogP contribution is -2.23. The fraction of sp³-hybridized carbons (Fsp3) is 0.353. The molecule has 9 heteroatoms. The highest BCUT2D eigenvalue weighted by molar-refractivity contribution is 7.10. The molecule has 3 aromatic heterocycles. The Bertz CT molecular complexity index is 961. The summed E-state index contributed by atoms with van der Waals surface area (Å²) in [5.41, 5.74) is 8.11. The zero-order chi connectivity index (χ0) is 18.1. The Labute approximate surface area is 155 Å². The molecule has 0 aliphatic carbocycles. The highest BCUT2D eigenvalue weighted by Gasteiger charge is 2.18. The third-order valence-electron chi connectivity index (χ3n) is 4.20. The first-order valence-corrected chi connectivity index (χ1v) is 9.27. The molecule has 4 heterocycles. The fourth-order valence-electron chi connectivity index (χ4n) is 2.97. The number of nitrogens with zero attached hydrogens (tertiary/aromatic N) is 5. The second-order valence-electron chi connectivity index (χ2n) is 6.30. The van der Waals surface area contributed by atoms with E-state index >= 15 is 0 Å². The molecule has 0 radical (unpaired) electrons. The molecule has 136 valence electrons. The van der Waals surface area contributed by atoms with Gasteiger partial charge in [-0.15, -0.1) is 0 Å². The van der Waals surface area contributed by atoms with Crippen molar-refractivity contribution in [3.05, 3.63) is 41.7 Å². The van der Waals surface area contributed by atoms with Gasteiger partial charge in [0.05, 0.1) is 23.3 Å². The number of imidazole rings is 1. The molecule has 3 N–H and O–H groups in total. The number of hydrazine groups is 1. The van der Waals surface area contributed by atoms with Crippen molar-refractivity contribution in [1.82, 2.24) is 29.2 Å². The van der Waals surface area contributed by atoms with Crippen LogP contribution in [-0.2, 0) is 6.42 Å². The van der Waals surface area contributed by atoms with Gasteiger partial charge in [0.25, 0.3) is 0 Å². The van der Waals surface area contributed by atoms with Gasteiger partial charge in [0.1, 0.15) is 5.00 Å². The molecule has 1 aliphatic heterocycles. The van der Waals surface area contributed by atoms with Gasteiger partial charge < -0.3 is 15.4 Å². The van der Waals surface area contributed by atoms with Gasteiger partial charge in [0.2, 0.25) is 0 Å². The molecular formula is C17H21N7OS. The van der Waals surface area contributed by atoms with E-state index in [2.05, 4.69) is 30.7 Å². The summed E-state index contributed by atoms with van der Waals surface area (Å²) in [7, 11) is 1.98. The van der Waals surface area contributed by atoms with E-state index in [-0.39, 0.29) is 6.61 Å². The number of rotatable bonds is 6. The molecule has 0 saturated heterocycles. The van der Waals surface area contributed by atoms with E-state index in [0.29, 0.717) is 18.7 Å². The van der Waals surface area contributed by atoms with Gasteiger partial charge in [-0.05, 0) is 37.4 Å². The number of nitrogens with one attached hydrogen (secondary N) is 2. The van der Waals surface area contributed by atoms with Crippen molar-refractivity contribution >= 4 is 33.6 Å². The number of fused-ring (bicyclic) bond motifs is 1. The number of hydrogen-bond acceptors (Lipinski definition) is 8. The highest BCUT2D eigenvalue weighted by Crippen LogP contribution is 2.27. The molecule has 0 unspecified atom stereocenters. The van der Waals surface area contributed by atoms with E-state index in [4.69, 9.17) is 4.98 Å². The quantitative estimate of drug-likeness (QED) is 0.610. The minimum absolute atomic E-state index is 0.146. The maximum absolute atomic E-state index is 9.17. The molecule has 0 spiro atoms. The summed E-state index contributed by atoms with van der Waals surface area (Å²) < 4.78 is 6.38. The normalized spacial score (nSPS) is 14.3. The predicted octanol–water partition coefficient (Wildman–Crippen LogP) is 1.95. The van der Waals surface area contributed by atoms with Crippen molar-refractivity contribution in [2.75, 3.05) is 25.5 Å². The summed E-state index contributed by atoms with van der Waals surface area (Å²) in [6, 6.07) is 1.99. The van der Waals surface area contributed by atoms with Gasteiger partial charge >= 0.3 is 0 Å². The van der Waals surface area contributed by atoms with Crippen molar-refractivity contribution < 1.29 is 5.11 Å². The SMILES string of the molecule is Cc1cc(Nc2nc(CCCO)cn3c(C4=CN(C)NC4)cnc23)sn1. The third-order valence-corrected chi connectivity index (χ3v) is 5.00. The number of anilines is 2. The van der Waals surface area contributed by atoms with Crippen molar-refractivity contribution in [3.8, 4) is 0 Å². The molecule has 0 saturated carbocycles. The topological polar surface area (TPSA) is 90.6 Å². The van der Waals surface area contributed by atoms with Crippen LogP contribution >= 0.6 is 11.5 Å². The van der Waals surface area contributed by atoms with Crippen LogP contribution in [-0.4, -0.2) is 49.1 Å². The second kappa shape index (κ2) is 7.02. The van der Waals surface area contributed by atoms with Gasteiger partial charge in [-0.3, -0.25) is 4.40 Å². The molecule has 1 aliphatic rings. The Morgan fingerprint density at radius 1 is 1.42 bits per heavy atom. The van der Waals surface area contributed by atoms with Gasteiger partial charge in [-0.1, -0.05) is 0 Å². The molecule has 0 aromatic carbocycles. The second-order valence-corrected chi connectivity index (χ2v) is 7.11. The van der Waals surface area contributed by atoms with Crippen molar-refractivity contribution in [2.24, 2.45) is 0 Å². The molecule has 3 aromatic rings. The van der Waals surface area contributed by atoms with E-state index in [0.717, 1.165) is 34.3 Å². The number of aliphatic hydroxyl groups is 1. The minimum atomic E-state index is 0.146. The van der Waals surface area contributed by atoms with Crippen LogP contribution in [0.4, 0.5) is 10.8 Å². The first kappa shape index (κ1) is 17.0. The maximum Gasteiger partial charge on any atom is 0.180 e. The number of hydrogen-bond donors (Lipinski definition) is 3. The Morgan fingerprint density at radius 3 is 3.00 bits per heavy atom. The van der Waals surface area contributed by atoms with Crippen molar-refractivity contribution in [2.45, 2.75) is 19.8 Å². The standard InChI is InChI=1S/C17H21N7OS/c1-11-6-15(26-22-11)21-16-17-18-8-14(12-7-19-23(2)9-12)24(17)10-13(20-16)4-3-5-25/h6,8-10,19,25H,3-5,7H2,1-2H3,(H,20,21). The molecule has 0 bridgehead atoms. The zero-order valence-electron chi connectivity index (χ0n) is 14.7. The monoisotopic (exact) mass is 371 g/mol. The largest absolute Gasteiger partial charge is 0.396 e. The number of aromatic nitrogens is 4. The van der Waals surface area contributed by atoms with E-state index in [9.17, 15) is 5.11 Å². The average Bonchev–Trinajstić information content (AvgIpc) is 3.33. The molecule has 4 rings (SSSR count). The number of aryl methyl sites for hydroxylation is 2. The van der Waals surface area contributed by atoms with Crippen LogP contribution in [0.3, 0.4) is 0 Å². The first-order chi connectivity index (χ1) is 12.6. The van der Waals surface area contributed by atoms with E-state index in [1.807, 2.05) is 37.4 Å². The molecule has 0 fully saturated rings. The van der Waals surface area contributed by atoms with Crippen LogP contribution in [0.5, 0.6) is 0 Å². The predicted molar refractivity (Wildman–Crippen MR) is 102 cm³/mol. The van der Waals surface area contributed by atoms with Crippen LogP contribution in [0, 0.1) is 6.92 Å². The van der Waals surface area contributed by atoms with Gasteiger partial charge in [-0.2, -0.15) is 4.37 Å². The third kappa shape index (κ3) is 3.28. The average molecular weight is 371 g/mol. The maximum atomic E-state index is 9.17. The van der Waals surface area contributed by atoms with Crippen molar-refractivity contribution in [3.63, 3.8) is 0 Å². The lowest BCUT2D eigenvalue weighted by atomic mass is 10.2. The Hall–Kier alpha value is -2.49. The van der Waals surface area contributed by atoms with E-state index in [1.54, 1.807) is 0 Å². The summed E-state index contributed by atoms with van der Waals surface area (Å²) in [6.45, 7) is 2.87. The zero-order valence-corrected chi connectivity index (χ0v) is 15.5. The van der Waals surface area contributed by atoms with Crippen LogP contribution in [0.15, 0.2) is 24.7 Å². The summed E-state index contributed by atoms with van der Waals surface area (Å²) in [4.78, 5) is 9.32. The molecule has 26 heavy (non-hydrogen) atoms. The smallest absolute Gasteiger partial charge is 0.180 e. The van der Waals surface area contributed by atoms with Gasteiger partial charge in [-0.25, -0.2) is 15.4 Å². The Balaban J connectivity index is 1.79. The summed E-state index contributed by atoms with van der Waals surface area (Å²) >= 11 is 1.40. The molecule has 0 atom stereocenters. The Kier molecular flexibility index (Phi) is 4.58. The van der Waals surface area contributed by atoms with Gasteiger partial charge in [0, 0.05) is 38.2 Å². The van der Waals surface area contributed by atoms with Crippen LogP contribution in [0.2, 0.25) is 0 Å². The number of aliphatic hydroxyl groups excluding tert-OH is 1. The Morgan fingerprint density at radius 2 is 2.31 bits per heavy atom. The summed E-state index contributed by atoms with van der Waals surface area (Å²) in [5, 5.41) is 15.4. The van der Waals surface area contributed by atoms with Crippen LogP contribution in [0.25, 0.3) is 11.2 Å². The first-order valence-electron chi connectivity index (χ1n) is 8.49. The summed E-state index contributed by atoms with van der Waals surface area (Å²) in [6.07, 6.45) is 7.33.